The number of hydrogen-bond acceptors (Lipinski definition) is 4. The van der Waals surface area contributed by atoms with E-state index in [2.05, 4.69) is 22.9 Å². The van der Waals surface area contributed by atoms with Gasteiger partial charge in [-0.15, -0.1) is 0 Å². The molecule has 6 heteroatoms. The lowest BCUT2D eigenvalue weighted by Crippen LogP contribution is -2.68. The van der Waals surface area contributed by atoms with Gasteiger partial charge >= 0.3 is 0 Å². The van der Waals surface area contributed by atoms with E-state index in [1.807, 2.05) is 30.5 Å². The molecule has 3 saturated heterocycles. The molecule has 2 aromatic rings. The van der Waals surface area contributed by atoms with Crippen LogP contribution in [0.5, 0.6) is 5.75 Å². The summed E-state index contributed by atoms with van der Waals surface area (Å²) in [6.45, 7) is 4.19. The fourth-order valence-electron chi connectivity index (χ4n) is 6.04. The van der Waals surface area contributed by atoms with Crippen molar-refractivity contribution >= 4 is 17.5 Å². The Kier molecular flexibility index (Phi) is 4.56. The van der Waals surface area contributed by atoms with E-state index in [-0.39, 0.29) is 23.8 Å². The number of carbonyl (C=O) groups excluding carboxylic acids is 1. The normalized spacial score (nSPS) is 35.2. The van der Waals surface area contributed by atoms with Gasteiger partial charge in [-0.25, -0.2) is 0 Å². The average Bonchev–Trinajstić information content (AvgIpc) is 3.03. The maximum atomic E-state index is 13.1. The summed E-state index contributed by atoms with van der Waals surface area (Å²) in [5.74, 6) is 0.672. The van der Waals surface area contributed by atoms with E-state index in [4.69, 9.17) is 22.1 Å². The smallest absolute Gasteiger partial charge is 0.262 e. The largest absolute Gasteiger partial charge is 0.476 e. The topological polar surface area (TPSA) is 68.5 Å². The van der Waals surface area contributed by atoms with Crippen LogP contribution in [0.25, 0.3) is 0 Å². The van der Waals surface area contributed by atoms with Gasteiger partial charge in [0.05, 0.1) is 0 Å². The fourth-order valence-corrected chi connectivity index (χ4v) is 6.22. The monoisotopic (exact) mass is 411 g/mol. The summed E-state index contributed by atoms with van der Waals surface area (Å²) in [7, 11) is 0. The maximum absolute atomic E-state index is 13.1. The van der Waals surface area contributed by atoms with Crippen LogP contribution in [0.2, 0.25) is 5.02 Å². The van der Waals surface area contributed by atoms with Gasteiger partial charge in [-0.3, -0.25) is 14.7 Å². The molecule has 0 spiro atoms. The van der Waals surface area contributed by atoms with Crippen molar-refractivity contribution in [1.82, 2.24) is 9.88 Å². The summed E-state index contributed by atoms with van der Waals surface area (Å²) in [6.07, 6.45) is 6.72. The van der Waals surface area contributed by atoms with Crippen LogP contribution < -0.4 is 10.5 Å². The van der Waals surface area contributed by atoms with Gasteiger partial charge in [-0.2, -0.15) is 0 Å². The Morgan fingerprint density at radius 3 is 2.83 bits per heavy atom. The summed E-state index contributed by atoms with van der Waals surface area (Å²) in [5.41, 5.74) is 7.24. The zero-order chi connectivity index (χ0) is 20.2. The van der Waals surface area contributed by atoms with Crippen LogP contribution in [-0.2, 0) is 11.2 Å². The van der Waals surface area contributed by atoms with Gasteiger partial charge in [-0.1, -0.05) is 24.6 Å². The van der Waals surface area contributed by atoms with E-state index in [0.717, 1.165) is 43.7 Å². The Balaban J connectivity index is 1.59. The van der Waals surface area contributed by atoms with Gasteiger partial charge in [-0.05, 0) is 68.1 Å². The highest BCUT2D eigenvalue weighted by Gasteiger charge is 2.63. The minimum absolute atomic E-state index is 0.0314. The van der Waals surface area contributed by atoms with Crippen molar-refractivity contribution in [1.29, 1.82) is 0 Å². The molecule has 1 amide bonds. The molecule has 1 aromatic heterocycles. The highest BCUT2D eigenvalue weighted by Crippen LogP contribution is 2.55. The van der Waals surface area contributed by atoms with Crippen molar-refractivity contribution in [3.8, 4) is 5.75 Å². The van der Waals surface area contributed by atoms with Gasteiger partial charge < -0.3 is 10.5 Å². The van der Waals surface area contributed by atoms with E-state index in [1.54, 1.807) is 6.20 Å². The van der Waals surface area contributed by atoms with Crippen molar-refractivity contribution in [2.45, 2.75) is 43.7 Å². The highest BCUT2D eigenvalue weighted by molar-refractivity contribution is 6.30. The second-order valence-corrected chi connectivity index (χ2v) is 9.13. The molecule has 152 valence electrons. The van der Waals surface area contributed by atoms with Gasteiger partial charge in [0.1, 0.15) is 5.75 Å². The summed E-state index contributed by atoms with van der Waals surface area (Å²) < 4.78 is 6.51. The molecule has 4 aliphatic heterocycles. The van der Waals surface area contributed by atoms with Crippen LogP contribution >= 0.6 is 11.6 Å². The SMILES string of the molecule is CC1c2cc(Cl)ccc2OC1(C(N)=O)C1C2CCN(CC2)C1Cc1cccnc1. The van der Waals surface area contributed by atoms with E-state index < -0.39 is 5.60 Å². The predicted molar refractivity (Wildman–Crippen MR) is 112 cm³/mol. The third kappa shape index (κ3) is 2.86. The Bertz CT molecular complexity index is 929. The molecule has 2 N–H and O–H groups in total. The molecule has 29 heavy (non-hydrogen) atoms. The number of carbonyl (C=O) groups is 1. The minimum Gasteiger partial charge on any atom is -0.476 e. The molecule has 0 radical (unpaired) electrons. The van der Waals surface area contributed by atoms with Crippen LogP contribution in [-0.4, -0.2) is 40.5 Å². The first-order valence-corrected chi connectivity index (χ1v) is 10.8. The minimum atomic E-state index is -1.05. The summed E-state index contributed by atoms with van der Waals surface area (Å²) in [4.78, 5) is 19.9. The number of pyridine rings is 1. The number of nitrogens with two attached hydrogens (primary N) is 1. The molecule has 5 heterocycles. The lowest BCUT2D eigenvalue weighted by atomic mass is 9.61. The number of primary amides is 1. The zero-order valence-corrected chi connectivity index (χ0v) is 17.3. The number of hydrogen-bond donors (Lipinski definition) is 1. The zero-order valence-electron chi connectivity index (χ0n) is 16.6. The molecule has 1 aromatic carbocycles. The van der Waals surface area contributed by atoms with Gasteiger partial charge in [0, 0.05) is 40.9 Å². The quantitative estimate of drug-likeness (QED) is 0.837. The van der Waals surface area contributed by atoms with Gasteiger partial charge in [0.2, 0.25) is 0 Å². The van der Waals surface area contributed by atoms with Crippen molar-refractivity contribution in [2.75, 3.05) is 13.1 Å². The number of benzene rings is 1. The standard InChI is InChI=1S/C23H26ClN3O2/c1-14-18-12-17(24)4-5-20(18)29-23(14,22(25)28)21-16-6-9-27(10-7-16)19(21)11-15-3-2-8-26-13-15/h2-5,8,12-14,16,19,21H,6-7,9-11H2,1H3,(H2,25,28). The lowest BCUT2D eigenvalue weighted by molar-refractivity contribution is -0.155. The van der Waals surface area contributed by atoms with Crippen molar-refractivity contribution in [3.05, 3.63) is 58.9 Å². The number of amides is 1. The number of nitrogens with zero attached hydrogens (tertiary/aromatic N) is 2. The molecular formula is C23H26ClN3O2. The molecule has 4 atom stereocenters. The Labute approximate surface area is 176 Å². The first-order valence-electron chi connectivity index (χ1n) is 10.4. The number of ether oxygens (including phenoxy) is 1. The summed E-state index contributed by atoms with van der Waals surface area (Å²) >= 11 is 6.26. The molecule has 3 fully saturated rings. The van der Waals surface area contributed by atoms with E-state index in [1.165, 1.54) is 5.56 Å². The van der Waals surface area contributed by atoms with E-state index in [0.29, 0.717) is 10.9 Å². The first kappa shape index (κ1) is 18.9. The second kappa shape index (κ2) is 6.99. The van der Waals surface area contributed by atoms with Crippen molar-refractivity contribution < 1.29 is 9.53 Å². The third-order valence-corrected chi connectivity index (χ3v) is 7.61. The summed E-state index contributed by atoms with van der Waals surface area (Å²) in [6, 6.07) is 9.88. The fraction of sp³-hybridized carbons (Fsp3) is 0.478. The molecule has 4 unspecified atom stereocenters. The van der Waals surface area contributed by atoms with E-state index in [9.17, 15) is 4.79 Å². The first-order chi connectivity index (χ1) is 14.0. The molecule has 0 aliphatic carbocycles. The number of rotatable bonds is 4. The van der Waals surface area contributed by atoms with Crippen LogP contribution in [0.1, 0.15) is 36.8 Å². The Morgan fingerprint density at radius 1 is 1.34 bits per heavy atom. The van der Waals surface area contributed by atoms with Crippen molar-refractivity contribution in [3.63, 3.8) is 0 Å². The molecule has 4 aliphatic rings. The van der Waals surface area contributed by atoms with Gasteiger partial charge in [0.15, 0.2) is 5.60 Å². The maximum Gasteiger partial charge on any atom is 0.262 e. The van der Waals surface area contributed by atoms with Gasteiger partial charge in [0.25, 0.3) is 5.91 Å². The molecule has 6 rings (SSSR count). The van der Waals surface area contributed by atoms with Crippen LogP contribution in [0.4, 0.5) is 0 Å². The van der Waals surface area contributed by atoms with Crippen LogP contribution in [0.3, 0.4) is 0 Å². The number of aromatic nitrogens is 1. The Morgan fingerprint density at radius 2 is 2.14 bits per heavy atom. The van der Waals surface area contributed by atoms with Crippen LogP contribution in [0, 0.1) is 11.8 Å². The van der Waals surface area contributed by atoms with Crippen LogP contribution in [0.15, 0.2) is 42.7 Å². The molecule has 0 saturated carbocycles. The van der Waals surface area contributed by atoms with E-state index >= 15 is 0 Å². The molecule has 2 bridgehead atoms. The lowest BCUT2D eigenvalue weighted by Gasteiger charge is -2.56. The summed E-state index contributed by atoms with van der Waals surface area (Å²) in [5, 5.41) is 0.653. The van der Waals surface area contributed by atoms with Crippen molar-refractivity contribution in [2.24, 2.45) is 17.6 Å². The third-order valence-electron chi connectivity index (χ3n) is 7.37. The predicted octanol–water partition coefficient (Wildman–Crippen LogP) is 3.41. The highest BCUT2D eigenvalue weighted by atomic mass is 35.5. The second-order valence-electron chi connectivity index (χ2n) is 8.70. The molecular weight excluding hydrogens is 386 g/mol. The molecule has 5 nitrogen and oxygen atoms in total. The number of fused-ring (bicyclic) bond motifs is 4. The Hall–Kier alpha value is -2.11. The number of halogens is 1. The number of piperidine rings is 3. The average molecular weight is 412 g/mol.